The van der Waals surface area contributed by atoms with Crippen molar-refractivity contribution in [3.8, 4) is 5.75 Å². The fourth-order valence-electron chi connectivity index (χ4n) is 2.33. The summed E-state index contributed by atoms with van der Waals surface area (Å²) < 4.78 is 5.30. The van der Waals surface area contributed by atoms with E-state index in [0.717, 1.165) is 31.7 Å². The van der Waals surface area contributed by atoms with Gasteiger partial charge in [-0.25, -0.2) is 9.97 Å². The molecule has 0 radical (unpaired) electrons. The Morgan fingerprint density at radius 2 is 2.06 bits per heavy atom. The minimum atomic E-state index is 0.363. The predicted molar refractivity (Wildman–Crippen MR) is 72.5 cm³/mol. The van der Waals surface area contributed by atoms with Crippen LogP contribution in [0, 0.1) is 0 Å². The van der Waals surface area contributed by atoms with Gasteiger partial charge in [-0.15, -0.1) is 0 Å². The second kappa shape index (κ2) is 5.71. The summed E-state index contributed by atoms with van der Waals surface area (Å²) >= 11 is 6.02. The number of hydrogen-bond donors (Lipinski definition) is 0. The minimum absolute atomic E-state index is 0.363. The number of aromatic nitrogens is 2. The van der Waals surface area contributed by atoms with Gasteiger partial charge in [0.25, 0.3) is 0 Å². The summed E-state index contributed by atoms with van der Waals surface area (Å²) in [7, 11) is 5.78. The Hall–Kier alpha value is -1.07. The first-order valence-corrected chi connectivity index (χ1v) is 6.47. The lowest BCUT2D eigenvalue weighted by Crippen LogP contribution is -2.42. The number of ether oxygens (including phenoxy) is 1. The topological polar surface area (TPSA) is 41.5 Å². The van der Waals surface area contributed by atoms with E-state index in [9.17, 15) is 0 Å². The zero-order valence-electron chi connectivity index (χ0n) is 11.1. The van der Waals surface area contributed by atoms with Crippen LogP contribution in [0.3, 0.4) is 0 Å². The predicted octanol–water partition coefficient (Wildman–Crippen LogP) is 1.67. The van der Waals surface area contributed by atoms with Gasteiger partial charge in [-0.2, -0.15) is 0 Å². The molecule has 0 aliphatic carbocycles. The Bertz CT molecular complexity index is 407. The first-order chi connectivity index (χ1) is 8.63. The van der Waals surface area contributed by atoms with Crippen molar-refractivity contribution in [1.82, 2.24) is 14.9 Å². The van der Waals surface area contributed by atoms with Crippen molar-refractivity contribution in [3.05, 3.63) is 11.5 Å². The lowest BCUT2D eigenvalue weighted by atomic mass is 10.0. The minimum Gasteiger partial charge on any atom is -0.490 e. The van der Waals surface area contributed by atoms with Gasteiger partial charge in [0.1, 0.15) is 6.33 Å². The van der Waals surface area contributed by atoms with Crippen molar-refractivity contribution in [2.45, 2.75) is 18.9 Å². The molecule has 0 saturated carbocycles. The van der Waals surface area contributed by atoms with Gasteiger partial charge < -0.3 is 14.5 Å². The molecule has 0 unspecified atom stereocenters. The lowest BCUT2D eigenvalue weighted by Gasteiger charge is -2.36. The van der Waals surface area contributed by atoms with Crippen LogP contribution in [0.1, 0.15) is 12.8 Å². The van der Waals surface area contributed by atoms with E-state index in [0.29, 0.717) is 16.9 Å². The third-order valence-electron chi connectivity index (χ3n) is 3.52. The highest BCUT2D eigenvalue weighted by Gasteiger charge is 2.24. The van der Waals surface area contributed by atoms with Crippen molar-refractivity contribution in [3.63, 3.8) is 0 Å². The number of rotatable bonds is 3. The van der Waals surface area contributed by atoms with E-state index in [2.05, 4.69) is 26.8 Å². The number of hydrogen-bond acceptors (Lipinski definition) is 5. The second-order valence-electron chi connectivity index (χ2n) is 4.67. The molecule has 2 rings (SSSR count). The third-order valence-corrected chi connectivity index (χ3v) is 3.78. The maximum Gasteiger partial charge on any atom is 0.199 e. The van der Waals surface area contributed by atoms with Crippen LogP contribution in [0.25, 0.3) is 0 Å². The number of nitrogens with zero attached hydrogens (tertiary/aromatic N) is 4. The van der Waals surface area contributed by atoms with Crippen LogP contribution in [0.15, 0.2) is 6.33 Å². The molecular formula is C12H19ClN4O. The molecule has 0 bridgehead atoms. The van der Waals surface area contributed by atoms with E-state index >= 15 is 0 Å². The fourth-order valence-corrected chi connectivity index (χ4v) is 2.53. The molecule has 6 heteroatoms. The molecule has 1 aromatic rings. The SMILES string of the molecule is COc1c(Cl)ncnc1N(C)C1CCN(C)CC1. The quantitative estimate of drug-likeness (QED) is 0.782. The molecule has 0 aromatic carbocycles. The number of methoxy groups -OCH3 is 1. The molecular weight excluding hydrogens is 252 g/mol. The molecule has 1 aliphatic rings. The molecule has 18 heavy (non-hydrogen) atoms. The molecule has 100 valence electrons. The number of anilines is 1. The first kappa shape index (κ1) is 13.4. The first-order valence-electron chi connectivity index (χ1n) is 6.09. The third kappa shape index (κ3) is 2.67. The molecule has 2 heterocycles. The van der Waals surface area contributed by atoms with Crippen molar-refractivity contribution in [2.75, 3.05) is 39.2 Å². The largest absolute Gasteiger partial charge is 0.490 e. The van der Waals surface area contributed by atoms with Gasteiger partial charge in [-0.3, -0.25) is 0 Å². The van der Waals surface area contributed by atoms with Gasteiger partial charge in [0, 0.05) is 13.1 Å². The summed E-state index contributed by atoms with van der Waals surface area (Å²) in [5, 5.41) is 0.363. The molecule has 1 saturated heterocycles. The van der Waals surface area contributed by atoms with Crippen LogP contribution in [0.4, 0.5) is 5.82 Å². The molecule has 0 amide bonds. The van der Waals surface area contributed by atoms with Crippen molar-refractivity contribution < 1.29 is 4.74 Å². The summed E-state index contributed by atoms with van der Waals surface area (Å²) in [4.78, 5) is 12.7. The van der Waals surface area contributed by atoms with Gasteiger partial charge in [-0.1, -0.05) is 11.6 Å². The van der Waals surface area contributed by atoms with Crippen LogP contribution in [0.2, 0.25) is 5.15 Å². The Morgan fingerprint density at radius 3 is 2.67 bits per heavy atom. The molecule has 1 aromatic heterocycles. The maximum atomic E-state index is 6.02. The maximum absolute atomic E-state index is 6.02. The van der Waals surface area contributed by atoms with Crippen molar-refractivity contribution in [1.29, 1.82) is 0 Å². The van der Waals surface area contributed by atoms with E-state index in [-0.39, 0.29) is 0 Å². The Balaban J connectivity index is 2.18. The van der Waals surface area contributed by atoms with Crippen LogP contribution in [-0.4, -0.2) is 55.2 Å². The summed E-state index contributed by atoms with van der Waals surface area (Å²) in [6.45, 7) is 2.21. The van der Waals surface area contributed by atoms with Crippen molar-refractivity contribution >= 4 is 17.4 Å². The lowest BCUT2D eigenvalue weighted by molar-refractivity contribution is 0.252. The summed E-state index contributed by atoms with van der Waals surface area (Å²) in [5.74, 6) is 1.33. The molecule has 1 fully saturated rings. The highest BCUT2D eigenvalue weighted by atomic mass is 35.5. The summed E-state index contributed by atoms with van der Waals surface area (Å²) in [6, 6.07) is 0.473. The Labute approximate surface area is 113 Å². The standard InChI is InChI=1S/C12H19ClN4O/c1-16-6-4-9(5-7-16)17(2)12-10(18-3)11(13)14-8-15-12/h8-9H,4-7H2,1-3H3. The van der Waals surface area contributed by atoms with Gasteiger partial charge in [0.2, 0.25) is 0 Å². The Kier molecular flexibility index (Phi) is 4.24. The Morgan fingerprint density at radius 1 is 1.39 bits per heavy atom. The van der Waals surface area contributed by atoms with Gasteiger partial charge in [0.15, 0.2) is 16.7 Å². The zero-order valence-corrected chi connectivity index (χ0v) is 11.8. The van der Waals surface area contributed by atoms with Gasteiger partial charge in [-0.05, 0) is 33.0 Å². The van der Waals surface area contributed by atoms with Gasteiger partial charge >= 0.3 is 0 Å². The van der Waals surface area contributed by atoms with E-state index in [1.165, 1.54) is 6.33 Å². The highest BCUT2D eigenvalue weighted by Crippen LogP contribution is 2.33. The molecule has 0 atom stereocenters. The average molecular weight is 271 g/mol. The zero-order chi connectivity index (χ0) is 13.1. The summed E-state index contributed by atoms with van der Waals surface area (Å²) in [6.07, 6.45) is 3.72. The van der Waals surface area contributed by atoms with Crippen LogP contribution >= 0.6 is 11.6 Å². The van der Waals surface area contributed by atoms with Crippen LogP contribution < -0.4 is 9.64 Å². The second-order valence-corrected chi connectivity index (χ2v) is 5.02. The fraction of sp³-hybridized carbons (Fsp3) is 0.667. The number of piperidine rings is 1. The average Bonchev–Trinajstić information content (AvgIpc) is 2.38. The number of halogens is 1. The number of likely N-dealkylation sites (tertiary alicyclic amines) is 1. The van der Waals surface area contributed by atoms with Gasteiger partial charge in [0.05, 0.1) is 7.11 Å². The summed E-state index contributed by atoms with van der Waals surface area (Å²) in [5.41, 5.74) is 0. The monoisotopic (exact) mass is 270 g/mol. The highest BCUT2D eigenvalue weighted by molar-refractivity contribution is 6.31. The van der Waals surface area contributed by atoms with E-state index in [4.69, 9.17) is 16.3 Å². The van der Waals surface area contributed by atoms with E-state index in [1.54, 1.807) is 7.11 Å². The molecule has 0 N–H and O–H groups in total. The van der Waals surface area contributed by atoms with Crippen LogP contribution in [0.5, 0.6) is 5.75 Å². The van der Waals surface area contributed by atoms with Crippen LogP contribution in [-0.2, 0) is 0 Å². The normalized spacial score (nSPS) is 17.8. The molecule has 5 nitrogen and oxygen atoms in total. The smallest absolute Gasteiger partial charge is 0.199 e. The molecule has 0 spiro atoms. The molecule has 1 aliphatic heterocycles. The van der Waals surface area contributed by atoms with Crippen molar-refractivity contribution in [2.24, 2.45) is 0 Å². The van der Waals surface area contributed by atoms with E-state index in [1.807, 2.05) is 7.05 Å². The van der Waals surface area contributed by atoms with E-state index < -0.39 is 0 Å².